The Hall–Kier alpha value is -1.36. The molecule has 1 aromatic rings. The fourth-order valence-corrected chi connectivity index (χ4v) is 2.72. The summed E-state index contributed by atoms with van der Waals surface area (Å²) in [6.45, 7) is 3.16. The Labute approximate surface area is 104 Å². The standard InChI is InChI=1S/C12H14N2O2S/c1-8-6-17-12(14-8)13-5-9-2-3-10-11(4-9)16-7-15-10/h2-4,8H,5-7H2,1H3,(H,13,14). The molecule has 4 nitrogen and oxygen atoms in total. The first-order valence-corrected chi connectivity index (χ1v) is 6.62. The van der Waals surface area contributed by atoms with Gasteiger partial charge in [-0.3, -0.25) is 4.99 Å². The third kappa shape index (κ3) is 2.34. The molecular formula is C12H14N2O2S. The van der Waals surface area contributed by atoms with Crippen molar-refractivity contribution in [3.05, 3.63) is 23.8 Å². The highest BCUT2D eigenvalue weighted by molar-refractivity contribution is 8.14. The molecule has 0 radical (unpaired) electrons. The van der Waals surface area contributed by atoms with E-state index in [1.54, 1.807) is 11.8 Å². The van der Waals surface area contributed by atoms with Gasteiger partial charge in [-0.15, -0.1) is 0 Å². The summed E-state index contributed by atoms with van der Waals surface area (Å²) < 4.78 is 10.6. The second kappa shape index (κ2) is 4.49. The van der Waals surface area contributed by atoms with Gasteiger partial charge in [0.25, 0.3) is 0 Å². The fourth-order valence-electron chi connectivity index (χ4n) is 1.79. The molecule has 1 fully saturated rings. The Balaban J connectivity index is 1.69. The number of aliphatic imine (C=N–C) groups is 1. The third-order valence-electron chi connectivity index (χ3n) is 2.68. The molecule has 17 heavy (non-hydrogen) atoms. The number of ether oxygens (including phenoxy) is 2. The van der Waals surface area contributed by atoms with Crippen LogP contribution in [0, 0.1) is 0 Å². The molecule has 1 unspecified atom stereocenters. The summed E-state index contributed by atoms with van der Waals surface area (Å²) in [7, 11) is 0. The van der Waals surface area contributed by atoms with Crippen molar-refractivity contribution < 1.29 is 9.47 Å². The highest BCUT2D eigenvalue weighted by Crippen LogP contribution is 2.32. The number of hydrogen-bond donors (Lipinski definition) is 1. The zero-order chi connectivity index (χ0) is 11.7. The minimum Gasteiger partial charge on any atom is -0.454 e. The van der Waals surface area contributed by atoms with Crippen LogP contribution >= 0.6 is 11.8 Å². The predicted octanol–water partition coefficient (Wildman–Crippen LogP) is 2.00. The number of thioether (sulfide) groups is 1. The van der Waals surface area contributed by atoms with Crippen molar-refractivity contribution >= 4 is 16.9 Å². The maximum atomic E-state index is 5.34. The summed E-state index contributed by atoms with van der Waals surface area (Å²) in [5.41, 5.74) is 1.14. The van der Waals surface area contributed by atoms with Crippen molar-refractivity contribution in [2.24, 2.45) is 4.99 Å². The minimum atomic E-state index is 0.322. The van der Waals surface area contributed by atoms with Gasteiger partial charge in [-0.2, -0.15) is 0 Å². The lowest BCUT2D eigenvalue weighted by Crippen LogP contribution is -2.23. The maximum absolute atomic E-state index is 5.34. The van der Waals surface area contributed by atoms with E-state index in [0.29, 0.717) is 19.4 Å². The molecule has 1 saturated heterocycles. The molecule has 1 N–H and O–H groups in total. The topological polar surface area (TPSA) is 42.9 Å². The summed E-state index contributed by atoms with van der Waals surface area (Å²) >= 11 is 1.78. The van der Waals surface area contributed by atoms with Crippen LogP contribution in [0.2, 0.25) is 0 Å². The van der Waals surface area contributed by atoms with Gasteiger partial charge in [0.2, 0.25) is 6.79 Å². The van der Waals surface area contributed by atoms with Crippen molar-refractivity contribution in [1.82, 2.24) is 5.32 Å². The molecule has 2 heterocycles. The van der Waals surface area contributed by atoms with E-state index in [4.69, 9.17) is 9.47 Å². The van der Waals surface area contributed by atoms with E-state index in [-0.39, 0.29) is 0 Å². The van der Waals surface area contributed by atoms with Gasteiger partial charge in [0.05, 0.1) is 6.54 Å². The van der Waals surface area contributed by atoms with Gasteiger partial charge in [0, 0.05) is 11.8 Å². The van der Waals surface area contributed by atoms with E-state index >= 15 is 0 Å². The first kappa shape index (κ1) is 10.8. The fraction of sp³-hybridized carbons (Fsp3) is 0.417. The average molecular weight is 250 g/mol. The SMILES string of the molecule is CC1CSC(=NCc2ccc3c(c2)OCO3)N1. The van der Waals surface area contributed by atoms with E-state index in [2.05, 4.69) is 17.2 Å². The monoisotopic (exact) mass is 250 g/mol. The molecule has 0 spiro atoms. The Kier molecular flexibility index (Phi) is 2.84. The summed E-state index contributed by atoms with van der Waals surface area (Å²) in [6, 6.07) is 6.49. The number of hydrogen-bond acceptors (Lipinski definition) is 4. The van der Waals surface area contributed by atoms with E-state index < -0.39 is 0 Å². The van der Waals surface area contributed by atoms with Crippen LogP contribution in [-0.2, 0) is 6.54 Å². The first-order chi connectivity index (χ1) is 8.31. The van der Waals surface area contributed by atoms with E-state index in [9.17, 15) is 0 Å². The minimum absolute atomic E-state index is 0.322. The second-order valence-corrected chi connectivity index (χ2v) is 5.17. The Morgan fingerprint density at radius 1 is 1.41 bits per heavy atom. The van der Waals surface area contributed by atoms with Crippen LogP contribution in [0.4, 0.5) is 0 Å². The summed E-state index contributed by atoms with van der Waals surface area (Å²) in [5, 5.41) is 4.37. The van der Waals surface area contributed by atoms with Crippen molar-refractivity contribution in [2.75, 3.05) is 12.5 Å². The van der Waals surface area contributed by atoms with E-state index in [0.717, 1.165) is 28.0 Å². The van der Waals surface area contributed by atoms with Crippen LogP contribution < -0.4 is 14.8 Å². The van der Waals surface area contributed by atoms with Crippen LogP contribution in [0.5, 0.6) is 11.5 Å². The van der Waals surface area contributed by atoms with Crippen molar-refractivity contribution in [1.29, 1.82) is 0 Å². The smallest absolute Gasteiger partial charge is 0.231 e. The van der Waals surface area contributed by atoms with Crippen molar-refractivity contribution in [2.45, 2.75) is 19.5 Å². The number of fused-ring (bicyclic) bond motifs is 1. The molecule has 3 rings (SSSR count). The molecule has 1 atom stereocenters. The van der Waals surface area contributed by atoms with Gasteiger partial charge in [0.15, 0.2) is 16.7 Å². The molecule has 2 aliphatic heterocycles. The highest BCUT2D eigenvalue weighted by atomic mass is 32.2. The molecule has 5 heteroatoms. The van der Waals surface area contributed by atoms with Gasteiger partial charge >= 0.3 is 0 Å². The lowest BCUT2D eigenvalue weighted by Gasteiger charge is -2.02. The third-order valence-corrected chi connectivity index (χ3v) is 3.87. The van der Waals surface area contributed by atoms with Crippen molar-refractivity contribution in [3.8, 4) is 11.5 Å². The number of nitrogens with zero attached hydrogens (tertiary/aromatic N) is 1. The highest BCUT2D eigenvalue weighted by Gasteiger charge is 2.16. The van der Waals surface area contributed by atoms with Crippen LogP contribution in [0.15, 0.2) is 23.2 Å². The molecule has 0 aromatic heterocycles. The largest absolute Gasteiger partial charge is 0.454 e. The number of nitrogens with one attached hydrogen (secondary N) is 1. The number of amidine groups is 1. The van der Waals surface area contributed by atoms with Crippen LogP contribution in [0.3, 0.4) is 0 Å². The number of benzene rings is 1. The van der Waals surface area contributed by atoms with Gasteiger partial charge in [-0.1, -0.05) is 17.8 Å². The zero-order valence-corrected chi connectivity index (χ0v) is 10.4. The summed E-state index contributed by atoms with van der Waals surface area (Å²) in [5.74, 6) is 2.74. The second-order valence-electron chi connectivity index (χ2n) is 4.17. The van der Waals surface area contributed by atoms with Gasteiger partial charge in [-0.05, 0) is 24.6 Å². The Morgan fingerprint density at radius 3 is 3.12 bits per heavy atom. The molecule has 90 valence electrons. The van der Waals surface area contributed by atoms with Crippen LogP contribution in [0.25, 0.3) is 0 Å². The maximum Gasteiger partial charge on any atom is 0.231 e. The lowest BCUT2D eigenvalue weighted by molar-refractivity contribution is 0.174. The number of rotatable bonds is 2. The molecular weight excluding hydrogens is 236 g/mol. The Morgan fingerprint density at radius 2 is 2.29 bits per heavy atom. The molecule has 0 bridgehead atoms. The molecule has 0 saturated carbocycles. The van der Waals surface area contributed by atoms with Gasteiger partial charge in [0.1, 0.15) is 0 Å². The average Bonchev–Trinajstić information content (AvgIpc) is 2.94. The predicted molar refractivity (Wildman–Crippen MR) is 68.8 cm³/mol. The van der Waals surface area contributed by atoms with E-state index in [1.165, 1.54) is 0 Å². The summed E-state index contributed by atoms with van der Waals surface area (Å²) in [6.07, 6.45) is 0. The summed E-state index contributed by atoms with van der Waals surface area (Å²) in [4.78, 5) is 4.54. The Bertz CT molecular complexity index is 462. The normalized spacial score (nSPS) is 24.1. The zero-order valence-electron chi connectivity index (χ0n) is 9.60. The van der Waals surface area contributed by atoms with Crippen LogP contribution in [-0.4, -0.2) is 23.8 Å². The van der Waals surface area contributed by atoms with E-state index in [1.807, 2.05) is 18.2 Å². The van der Waals surface area contributed by atoms with Gasteiger partial charge < -0.3 is 14.8 Å². The van der Waals surface area contributed by atoms with Crippen LogP contribution in [0.1, 0.15) is 12.5 Å². The molecule has 1 aromatic carbocycles. The lowest BCUT2D eigenvalue weighted by atomic mass is 10.2. The first-order valence-electron chi connectivity index (χ1n) is 5.63. The quantitative estimate of drug-likeness (QED) is 0.871. The molecule has 2 aliphatic rings. The molecule has 0 aliphatic carbocycles. The molecule has 0 amide bonds. The van der Waals surface area contributed by atoms with Crippen molar-refractivity contribution in [3.63, 3.8) is 0 Å². The van der Waals surface area contributed by atoms with Gasteiger partial charge in [-0.25, -0.2) is 0 Å².